The molecule has 1 heterocycles. The average Bonchev–Trinajstić information content (AvgIpc) is 2.94. The van der Waals surface area contributed by atoms with Crippen molar-refractivity contribution in [3.8, 4) is 0 Å². The van der Waals surface area contributed by atoms with Gasteiger partial charge in [-0.1, -0.05) is 47.5 Å². The van der Waals surface area contributed by atoms with Crippen molar-refractivity contribution in [2.45, 2.75) is 27.6 Å². The number of thioether (sulfide) groups is 2. The van der Waals surface area contributed by atoms with Crippen LogP contribution in [-0.4, -0.2) is 40.9 Å². The minimum atomic E-state index is -1.79. The van der Waals surface area contributed by atoms with Crippen LogP contribution in [0.4, 0.5) is 0 Å². The second kappa shape index (κ2) is 9.43. The van der Waals surface area contributed by atoms with E-state index in [9.17, 15) is 14.4 Å². The van der Waals surface area contributed by atoms with Gasteiger partial charge in [-0.25, -0.2) is 9.59 Å². The summed E-state index contributed by atoms with van der Waals surface area (Å²) in [7, 11) is 0. The maximum Gasteiger partial charge on any atom is 0.377 e. The predicted molar refractivity (Wildman–Crippen MR) is 114 cm³/mol. The molecule has 2 atom stereocenters. The van der Waals surface area contributed by atoms with Crippen LogP contribution in [0.1, 0.15) is 6.92 Å². The predicted octanol–water partition coefficient (Wildman–Crippen LogP) is 4.67. The quantitative estimate of drug-likeness (QED) is 0.330. The van der Waals surface area contributed by atoms with Gasteiger partial charge in [-0.2, -0.15) is 0 Å². The molecule has 0 spiro atoms. The monoisotopic (exact) mass is 470 g/mol. The highest BCUT2D eigenvalue weighted by Gasteiger charge is 2.62. The average molecular weight is 471 g/mol. The molecule has 9 heteroatoms. The van der Waals surface area contributed by atoms with Gasteiger partial charge in [-0.3, -0.25) is 4.79 Å². The summed E-state index contributed by atoms with van der Waals surface area (Å²) in [6.07, 6.45) is 0. The molecule has 0 radical (unpaired) electrons. The molecule has 152 valence electrons. The first kappa shape index (κ1) is 22.0. The van der Waals surface area contributed by atoms with E-state index in [2.05, 4.69) is 0 Å². The molecule has 0 saturated carbocycles. The highest BCUT2D eigenvalue weighted by molar-refractivity contribution is 8.01. The Bertz CT molecular complexity index is 952. The van der Waals surface area contributed by atoms with Crippen molar-refractivity contribution in [3.05, 3.63) is 58.6 Å². The smallest absolute Gasteiger partial charge is 0.377 e. The summed E-state index contributed by atoms with van der Waals surface area (Å²) >= 11 is 14.7. The zero-order chi connectivity index (χ0) is 21.0. The number of halogens is 2. The Kier molecular flexibility index (Phi) is 7.16. The van der Waals surface area contributed by atoms with Crippen LogP contribution in [0.5, 0.6) is 0 Å². The van der Waals surface area contributed by atoms with Crippen molar-refractivity contribution < 1.29 is 23.9 Å². The van der Waals surface area contributed by atoms with Gasteiger partial charge in [-0.05, 0) is 31.2 Å². The van der Waals surface area contributed by atoms with E-state index in [4.69, 9.17) is 32.7 Å². The SMILES string of the molecule is CCOC(=O)C1(CSc2ccccc2Cl)OC(=O)C(=O)C1Sc1ccccc1Cl. The van der Waals surface area contributed by atoms with Crippen molar-refractivity contribution in [2.24, 2.45) is 0 Å². The molecule has 1 fully saturated rings. The number of ketones is 1. The number of ether oxygens (including phenoxy) is 2. The Morgan fingerprint density at radius 2 is 1.66 bits per heavy atom. The van der Waals surface area contributed by atoms with Gasteiger partial charge in [0.15, 0.2) is 0 Å². The van der Waals surface area contributed by atoms with Crippen LogP contribution in [0.3, 0.4) is 0 Å². The summed E-state index contributed by atoms with van der Waals surface area (Å²) in [6.45, 7) is 1.72. The number of hydrogen-bond acceptors (Lipinski definition) is 7. The van der Waals surface area contributed by atoms with E-state index < -0.39 is 28.6 Å². The Labute approximate surface area is 186 Å². The number of carbonyl (C=O) groups excluding carboxylic acids is 3. The van der Waals surface area contributed by atoms with Crippen molar-refractivity contribution in [3.63, 3.8) is 0 Å². The number of benzene rings is 2. The van der Waals surface area contributed by atoms with Gasteiger partial charge in [0, 0.05) is 9.79 Å². The van der Waals surface area contributed by atoms with E-state index in [0.717, 1.165) is 11.8 Å². The molecule has 2 aromatic rings. The van der Waals surface area contributed by atoms with Crippen LogP contribution < -0.4 is 0 Å². The maximum atomic E-state index is 12.9. The lowest BCUT2D eigenvalue weighted by molar-refractivity contribution is -0.171. The van der Waals surface area contributed by atoms with Gasteiger partial charge >= 0.3 is 11.9 Å². The first-order chi connectivity index (χ1) is 13.9. The number of carbonyl (C=O) groups is 3. The van der Waals surface area contributed by atoms with Gasteiger partial charge in [0.25, 0.3) is 5.78 Å². The second-order valence-electron chi connectivity index (χ2n) is 6.01. The van der Waals surface area contributed by atoms with E-state index in [1.165, 1.54) is 11.8 Å². The Hall–Kier alpha value is -1.67. The fourth-order valence-electron chi connectivity index (χ4n) is 2.72. The first-order valence-corrected chi connectivity index (χ1v) is 11.2. The number of cyclic esters (lactones) is 1. The van der Waals surface area contributed by atoms with Gasteiger partial charge in [0.1, 0.15) is 5.25 Å². The molecule has 2 aromatic carbocycles. The molecule has 0 amide bonds. The third-order valence-corrected chi connectivity index (χ3v) is 7.68. The third kappa shape index (κ3) is 4.58. The highest BCUT2D eigenvalue weighted by atomic mass is 35.5. The Morgan fingerprint density at radius 3 is 2.24 bits per heavy atom. The number of Topliss-reactive ketones (excluding diaryl/α,β-unsaturated/α-hetero) is 1. The number of rotatable bonds is 7. The topological polar surface area (TPSA) is 69.7 Å². The van der Waals surface area contributed by atoms with Gasteiger partial charge in [0.05, 0.1) is 22.4 Å². The maximum absolute atomic E-state index is 12.9. The molecular weight excluding hydrogens is 455 g/mol. The van der Waals surface area contributed by atoms with Crippen molar-refractivity contribution >= 4 is 64.4 Å². The standard InChI is InChI=1S/C20H16Cl2O5S2/c1-2-26-19(25)20(11-28-14-9-5-3-7-12(14)21)17(16(23)18(24)27-20)29-15-10-6-4-8-13(15)22/h3-10,17H,2,11H2,1H3. The lowest BCUT2D eigenvalue weighted by Gasteiger charge is -2.29. The van der Waals surface area contributed by atoms with Crippen LogP contribution in [-0.2, 0) is 23.9 Å². The Morgan fingerprint density at radius 1 is 1.07 bits per heavy atom. The molecule has 29 heavy (non-hydrogen) atoms. The fourth-order valence-corrected chi connectivity index (χ4v) is 5.70. The van der Waals surface area contributed by atoms with Crippen LogP contribution in [0.25, 0.3) is 0 Å². The van der Waals surface area contributed by atoms with E-state index in [-0.39, 0.29) is 12.4 Å². The van der Waals surface area contributed by atoms with Crippen LogP contribution >= 0.6 is 46.7 Å². The molecule has 0 bridgehead atoms. The van der Waals surface area contributed by atoms with Crippen molar-refractivity contribution in [1.82, 2.24) is 0 Å². The fraction of sp³-hybridized carbons (Fsp3) is 0.250. The van der Waals surface area contributed by atoms with Gasteiger partial charge in [0.2, 0.25) is 5.60 Å². The summed E-state index contributed by atoms with van der Waals surface area (Å²) in [5.74, 6) is -2.68. The largest absolute Gasteiger partial charge is 0.463 e. The highest BCUT2D eigenvalue weighted by Crippen LogP contribution is 2.44. The van der Waals surface area contributed by atoms with Crippen molar-refractivity contribution in [1.29, 1.82) is 0 Å². The van der Waals surface area contributed by atoms with E-state index in [1.54, 1.807) is 55.5 Å². The van der Waals surface area contributed by atoms with E-state index in [1.807, 2.05) is 0 Å². The third-order valence-electron chi connectivity index (χ3n) is 4.12. The van der Waals surface area contributed by atoms with E-state index in [0.29, 0.717) is 19.8 Å². The lowest BCUT2D eigenvalue weighted by atomic mass is 10.0. The van der Waals surface area contributed by atoms with Crippen LogP contribution in [0.15, 0.2) is 58.3 Å². The summed E-state index contributed by atoms with van der Waals surface area (Å²) in [4.78, 5) is 39.0. The first-order valence-electron chi connectivity index (χ1n) is 8.62. The van der Waals surface area contributed by atoms with Crippen molar-refractivity contribution in [2.75, 3.05) is 12.4 Å². The minimum Gasteiger partial charge on any atom is -0.463 e. The number of hydrogen-bond donors (Lipinski definition) is 0. The van der Waals surface area contributed by atoms with E-state index >= 15 is 0 Å². The van der Waals surface area contributed by atoms with Gasteiger partial charge in [-0.15, -0.1) is 23.5 Å². The lowest BCUT2D eigenvalue weighted by Crippen LogP contribution is -2.50. The zero-order valence-electron chi connectivity index (χ0n) is 15.2. The molecule has 5 nitrogen and oxygen atoms in total. The summed E-state index contributed by atoms with van der Waals surface area (Å²) in [6, 6.07) is 13.9. The summed E-state index contributed by atoms with van der Waals surface area (Å²) in [5.41, 5.74) is -1.79. The normalized spacial score (nSPS) is 21.1. The summed E-state index contributed by atoms with van der Waals surface area (Å²) in [5, 5.41) is -0.243. The molecule has 3 rings (SSSR count). The van der Waals surface area contributed by atoms with Crippen LogP contribution in [0, 0.1) is 0 Å². The molecule has 1 aliphatic rings. The zero-order valence-corrected chi connectivity index (χ0v) is 18.4. The summed E-state index contributed by atoms with van der Waals surface area (Å²) < 4.78 is 10.6. The second-order valence-corrected chi connectivity index (χ2v) is 8.99. The van der Waals surface area contributed by atoms with Gasteiger partial charge < -0.3 is 9.47 Å². The molecule has 1 aliphatic heterocycles. The molecular formula is C20H16Cl2O5S2. The molecule has 1 saturated heterocycles. The Balaban J connectivity index is 1.98. The number of esters is 2. The molecule has 0 N–H and O–H groups in total. The molecule has 2 unspecified atom stereocenters. The molecule has 0 aromatic heterocycles. The van der Waals surface area contributed by atoms with Crippen LogP contribution in [0.2, 0.25) is 10.0 Å². The molecule has 0 aliphatic carbocycles. The minimum absolute atomic E-state index is 0.0326.